The second kappa shape index (κ2) is 5.25. The fraction of sp³-hybridized carbons (Fsp3) is 0.467. The zero-order chi connectivity index (χ0) is 14.0. The van der Waals surface area contributed by atoms with Crippen molar-refractivity contribution < 1.29 is 14.4 Å². The molecule has 1 aromatic carbocycles. The van der Waals surface area contributed by atoms with Gasteiger partial charge in [0.15, 0.2) is 0 Å². The zero-order valence-corrected chi connectivity index (χ0v) is 11.5. The summed E-state index contributed by atoms with van der Waals surface area (Å²) in [5.74, 6) is 1.45. The van der Waals surface area contributed by atoms with Gasteiger partial charge in [-0.05, 0) is 43.9 Å². The van der Waals surface area contributed by atoms with E-state index in [9.17, 15) is 5.11 Å². The third-order valence-electron chi connectivity index (χ3n) is 3.70. The molecule has 0 bridgehead atoms. The summed E-state index contributed by atoms with van der Waals surface area (Å²) in [6.45, 7) is 2.76. The Hall–Kier alpha value is -1.88. The summed E-state index contributed by atoms with van der Waals surface area (Å²) in [5.41, 5.74) is 0.599. The normalized spacial score (nSPS) is 22.9. The molecule has 1 aliphatic heterocycles. The fourth-order valence-corrected chi connectivity index (χ4v) is 2.44. The van der Waals surface area contributed by atoms with Crippen molar-refractivity contribution in [3.63, 3.8) is 0 Å². The topological polar surface area (TPSA) is 68.4 Å². The van der Waals surface area contributed by atoms with Crippen LogP contribution >= 0.6 is 0 Å². The Balaban J connectivity index is 1.74. The second-order valence-electron chi connectivity index (χ2n) is 5.39. The van der Waals surface area contributed by atoms with Crippen LogP contribution in [0.25, 0.3) is 0 Å². The molecule has 0 amide bonds. The molecule has 106 valence electrons. The van der Waals surface area contributed by atoms with E-state index in [1.807, 2.05) is 19.1 Å². The van der Waals surface area contributed by atoms with Gasteiger partial charge >= 0.3 is 0 Å². The smallest absolute Gasteiger partial charge is 0.231 e. The van der Waals surface area contributed by atoms with Gasteiger partial charge in [-0.1, -0.05) is 17.3 Å². The molecule has 1 N–H and O–H groups in total. The van der Waals surface area contributed by atoms with Gasteiger partial charge in [0.05, 0.1) is 6.42 Å². The van der Waals surface area contributed by atoms with Crippen molar-refractivity contribution in [1.82, 2.24) is 10.1 Å². The highest BCUT2D eigenvalue weighted by Gasteiger charge is 2.34. The number of phenolic OH excluding ortho intramolecular Hbond substituents is 1. The van der Waals surface area contributed by atoms with Crippen molar-refractivity contribution >= 4 is 0 Å². The molecule has 3 rings (SSSR count). The van der Waals surface area contributed by atoms with E-state index in [1.54, 1.807) is 12.1 Å². The Kier molecular flexibility index (Phi) is 3.44. The molecule has 0 spiro atoms. The van der Waals surface area contributed by atoms with Gasteiger partial charge in [-0.3, -0.25) is 0 Å². The van der Waals surface area contributed by atoms with E-state index >= 15 is 0 Å². The van der Waals surface area contributed by atoms with Gasteiger partial charge in [0.25, 0.3) is 0 Å². The Morgan fingerprint density at radius 3 is 2.75 bits per heavy atom. The minimum Gasteiger partial charge on any atom is -0.508 e. The lowest BCUT2D eigenvalue weighted by atomic mass is 9.95. The Labute approximate surface area is 117 Å². The Bertz CT molecular complexity index is 571. The van der Waals surface area contributed by atoms with E-state index in [-0.39, 0.29) is 5.75 Å². The molecule has 0 saturated carbocycles. The standard InChI is InChI=1S/C15H18N2O3/c1-15(8-2-3-9-19-15)14-16-13(20-17-14)10-11-4-6-12(18)7-5-11/h4-7,18H,2-3,8-10H2,1H3. The van der Waals surface area contributed by atoms with Gasteiger partial charge in [0, 0.05) is 6.61 Å². The molecule has 1 aromatic heterocycles. The molecule has 1 aliphatic rings. The predicted octanol–water partition coefficient (Wildman–Crippen LogP) is 2.78. The van der Waals surface area contributed by atoms with Crippen LogP contribution in [0.3, 0.4) is 0 Å². The van der Waals surface area contributed by atoms with Crippen LogP contribution in [0.5, 0.6) is 5.75 Å². The number of aromatic nitrogens is 2. The lowest BCUT2D eigenvalue weighted by molar-refractivity contribution is -0.0770. The lowest BCUT2D eigenvalue weighted by Gasteiger charge is -2.30. The van der Waals surface area contributed by atoms with Crippen LogP contribution in [0.4, 0.5) is 0 Å². The summed E-state index contributed by atoms with van der Waals surface area (Å²) in [5, 5.41) is 13.3. The average molecular weight is 274 g/mol. The molecule has 1 atom stereocenters. The number of ether oxygens (including phenoxy) is 1. The van der Waals surface area contributed by atoms with Crippen LogP contribution in [0.1, 0.15) is 43.5 Å². The van der Waals surface area contributed by atoms with Crippen LogP contribution in [0.15, 0.2) is 28.8 Å². The minimum atomic E-state index is -0.422. The number of hydrogen-bond acceptors (Lipinski definition) is 5. The van der Waals surface area contributed by atoms with Crippen LogP contribution in [-0.2, 0) is 16.8 Å². The van der Waals surface area contributed by atoms with Gasteiger partial charge in [-0.2, -0.15) is 4.98 Å². The van der Waals surface area contributed by atoms with Gasteiger partial charge < -0.3 is 14.4 Å². The quantitative estimate of drug-likeness (QED) is 0.932. The summed E-state index contributed by atoms with van der Waals surface area (Å²) in [6, 6.07) is 6.99. The van der Waals surface area contributed by atoms with Crippen LogP contribution in [0, 0.1) is 0 Å². The maximum atomic E-state index is 9.26. The first-order chi connectivity index (χ1) is 9.66. The molecule has 5 nitrogen and oxygen atoms in total. The van der Waals surface area contributed by atoms with Gasteiger partial charge in [-0.25, -0.2) is 0 Å². The van der Waals surface area contributed by atoms with Crippen molar-refractivity contribution in [2.45, 2.75) is 38.2 Å². The van der Waals surface area contributed by atoms with E-state index in [0.717, 1.165) is 31.4 Å². The largest absolute Gasteiger partial charge is 0.508 e. The number of nitrogens with zero attached hydrogens (tertiary/aromatic N) is 2. The number of benzene rings is 1. The van der Waals surface area contributed by atoms with Gasteiger partial charge in [0.1, 0.15) is 11.4 Å². The molecule has 1 unspecified atom stereocenters. The van der Waals surface area contributed by atoms with E-state index in [1.165, 1.54) is 0 Å². The van der Waals surface area contributed by atoms with Crippen molar-refractivity contribution in [2.75, 3.05) is 6.61 Å². The van der Waals surface area contributed by atoms with Crippen LogP contribution < -0.4 is 0 Å². The Morgan fingerprint density at radius 1 is 1.25 bits per heavy atom. The molecule has 1 saturated heterocycles. The van der Waals surface area contributed by atoms with E-state index in [4.69, 9.17) is 9.26 Å². The summed E-state index contributed by atoms with van der Waals surface area (Å²) < 4.78 is 11.1. The van der Waals surface area contributed by atoms with Crippen molar-refractivity contribution in [3.05, 3.63) is 41.5 Å². The van der Waals surface area contributed by atoms with Crippen LogP contribution in [0.2, 0.25) is 0 Å². The lowest BCUT2D eigenvalue weighted by Crippen LogP contribution is -2.31. The number of rotatable bonds is 3. The zero-order valence-electron chi connectivity index (χ0n) is 11.5. The first kappa shape index (κ1) is 13.1. The highest BCUT2D eigenvalue weighted by atomic mass is 16.5. The molecule has 2 heterocycles. The van der Waals surface area contributed by atoms with E-state index < -0.39 is 5.60 Å². The van der Waals surface area contributed by atoms with E-state index in [0.29, 0.717) is 18.1 Å². The monoisotopic (exact) mass is 274 g/mol. The fourth-order valence-electron chi connectivity index (χ4n) is 2.44. The van der Waals surface area contributed by atoms with Gasteiger partial charge in [0.2, 0.25) is 11.7 Å². The molecule has 1 fully saturated rings. The highest BCUT2D eigenvalue weighted by Crippen LogP contribution is 2.32. The first-order valence-electron chi connectivity index (χ1n) is 6.91. The van der Waals surface area contributed by atoms with Crippen LogP contribution in [-0.4, -0.2) is 21.9 Å². The summed E-state index contributed by atoms with van der Waals surface area (Å²) >= 11 is 0. The Morgan fingerprint density at radius 2 is 2.05 bits per heavy atom. The van der Waals surface area contributed by atoms with Crippen molar-refractivity contribution in [1.29, 1.82) is 0 Å². The molecular formula is C15H18N2O3. The maximum absolute atomic E-state index is 9.26. The average Bonchev–Trinajstić information content (AvgIpc) is 2.92. The molecule has 0 aliphatic carbocycles. The van der Waals surface area contributed by atoms with Crippen molar-refractivity contribution in [2.24, 2.45) is 0 Å². The third kappa shape index (κ3) is 2.67. The molecule has 0 radical (unpaired) electrons. The number of aromatic hydroxyl groups is 1. The van der Waals surface area contributed by atoms with Crippen molar-refractivity contribution in [3.8, 4) is 5.75 Å². The summed E-state index contributed by atoms with van der Waals surface area (Å²) in [6.07, 6.45) is 3.70. The first-order valence-corrected chi connectivity index (χ1v) is 6.91. The summed E-state index contributed by atoms with van der Waals surface area (Å²) in [4.78, 5) is 4.46. The third-order valence-corrected chi connectivity index (χ3v) is 3.70. The van der Waals surface area contributed by atoms with E-state index in [2.05, 4.69) is 10.1 Å². The molecule has 20 heavy (non-hydrogen) atoms. The SMILES string of the molecule is CC1(c2noc(Cc3ccc(O)cc3)n2)CCCCO1. The predicted molar refractivity (Wildman–Crippen MR) is 72.4 cm³/mol. The maximum Gasteiger partial charge on any atom is 0.231 e. The number of phenols is 1. The number of hydrogen-bond donors (Lipinski definition) is 1. The summed E-state index contributed by atoms with van der Waals surface area (Å²) in [7, 11) is 0. The highest BCUT2D eigenvalue weighted by molar-refractivity contribution is 5.27. The molecular weight excluding hydrogens is 256 g/mol. The molecule has 2 aromatic rings. The second-order valence-corrected chi connectivity index (χ2v) is 5.39. The molecule has 5 heteroatoms. The minimum absolute atomic E-state index is 0.253. The van der Waals surface area contributed by atoms with Gasteiger partial charge in [-0.15, -0.1) is 0 Å².